The topological polar surface area (TPSA) is 70.7 Å². The maximum absolute atomic E-state index is 13.0. The molecule has 0 saturated carbocycles. The first kappa shape index (κ1) is 41.3. The van der Waals surface area contributed by atoms with Crippen LogP contribution in [0.5, 0.6) is 0 Å². The first-order valence-electron chi connectivity index (χ1n) is 20.3. The molecule has 0 spiro atoms. The molecule has 0 heterocycles. The van der Waals surface area contributed by atoms with Crippen LogP contribution in [0.4, 0.5) is 4.79 Å². The lowest BCUT2D eigenvalue weighted by molar-refractivity contribution is -0.127. The van der Waals surface area contributed by atoms with Crippen molar-refractivity contribution < 1.29 is 14.3 Å². The monoisotopic (exact) mass is 688 g/mol. The number of amides is 2. The van der Waals surface area contributed by atoms with Gasteiger partial charge in [-0.2, -0.15) is 0 Å². The van der Waals surface area contributed by atoms with Crippen molar-refractivity contribution in [3.05, 3.63) is 83.9 Å². The van der Waals surface area contributed by atoms with E-state index in [-0.39, 0.29) is 24.3 Å². The maximum atomic E-state index is 13.0. The third-order valence-corrected chi connectivity index (χ3v) is 10.1. The Morgan fingerprint density at radius 3 is 1.64 bits per heavy atom. The second-order valence-corrected chi connectivity index (χ2v) is 14.5. The SMILES string of the molecule is CCCCCCCCCCCCCCCCCCNC(=O)C1CC=CCC1COC(=O)NCCCN(Cc1ccccc1)Cc1ccccc1. The number of carbonyl (C=O) groups is 2. The molecular formula is C44H69N3O3. The van der Waals surface area contributed by atoms with Crippen molar-refractivity contribution in [1.82, 2.24) is 15.5 Å². The molecule has 0 fully saturated rings. The van der Waals surface area contributed by atoms with Gasteiger partial charge >= 0.3 is 6.09 Å². The van der Waals surface area contributed by atoms with E-state index < -0.39 is 6.09 Å². The number of hydrogen-bond donors (Lipinski definition) is 2. The summed E-state index contributed by atoms with van der Waals surface area (Å²) in [6.45, 7) is 6.41. The molecular weight excluding hydrogens is 619 g/mol. The second-order valence-electron chi connectivity index (χ2n) is 14.5. The number of ether oxygens (including phenoxy) is 1. The Hall–Kier alpha value is -3.12. The molecule has 3 rings (SSSR count). The van der Waals surface area contributed by atoms with Crippen LogP contribution in [0.15, 0.2) is 72.8 Å². The molecule has 2 aromatic carbocycles. The maximum Gasteiger partial charge on any atom is 0.407 e. The number of hydrogen-bond acceptors (Lipinski definition) is 4. The van der Waals surface area contributed by atoms with Crippen LogP contribution in [0.3, 0.4) is 0 Å². The normalized spacial score (nSPS) is 15.6. The summed E-state index contributed by atoms with van der Waals surface area (Å²) in [5.74, 6) is -0.0246. The van der Waals surface area contributed by atoms with E-state index in [0.717, 1.165) is 45.4 Å². The molecule has 2 unspecified atom stereocenters. The van der Waals surface area contributed by atoms with Crippen molar-refractivity contribution in [3.63, 3.8) is 0 Å². The molecule has 6 nitrogen and oxygen atoms in total. The molecule has 6 heteroatoms. The average molecular weight is 688 g/mol. The van der Waals surface area contributed by atoms with Crippen LogP contribution in [0.2, 0.25) is 0 Å². The van der Waals surface area contributed by atoms with Gasteiger partial charge in [0.1, 0.15) is 0 Å². The number of unbranched alkanes of at least 4 members (excludes halogenated alkanes) is 15. The Bertz CT molecular complexity index is 1110. The fourth-order valence-electron chi connectivity index (χ4n) is 7.02. The van der Waals surface area contributed by atoms with E-state index in [4.69, 9.17) is 4.74 Å². The molecule has 50 heavy (non-hydrogen) atoms. The fraction of sp³-hybridized carbons (Fsp3) is 0.636. The highest BCUT2D eigenvalue weighted by Gasteiger charge is 2.29. The highest BCUT2D eigenvalue weighted by atomic mass is 16.5. The van der Waals surface area contributed by atoms with Crippen LogP contribution >= 0.6 is 0 Å². The minimum atomic E-state index is -0.399. The van der Waals surface area contributed by atoms with Gasteiger partial charge in [0, 0.05) is 44.6 Å². The molecule has 278 valence electrons. The predicted octanol–water partition coefficient (Wildman–Crippen LogP) is 10.8. The minimum Gasteiger partial charge on any atom is -0.449 e. The molecule has 0 saturated heterocycles. The summed E-state index contributed by atoms with van der Waals surface area (Å²) in [5.41, 5.74) is 2.56. The first-order valence-corrected chi connectivity index (χ1v) is 20.3. The summed E-state index contributed by atoms with van der Waals surface area (Å²) in [6, 6.07) is 21.0. The lowest BCUT2D eigenvalue weighted by Gasteiger charge is -2.27. The van der Waals surface area contributed by atoms with Gasteiger partial charge in [0.2, 0.25) is 5.91 Å². The molecule has 2 N–H and O–H groups in total. The molecule has 0 aliphatic heterocycles. The summed E-state index contributed by atoms with van der Waals surface area (Å²) in [6.07, 6.45) is 27.6. The van der Waals surface area contributed by atoms with Crippen molar-refractivity contribution in [2.24, 2.45) is 11.8 Å². The van der Waals surface area contributed by atoms with Crippen LogP contribution in [-0.4, -0.2) is 43.1 Å². The van der Waals surface area contributed by atoms with Gasteiger partial charge in [0.15, 0.2) is 0 Å². The largest absolute Gasteiger partial charge is 0.449 e. The van der Waals surface area contributed by atoms with Crippen molar-refractivity contribution >= 4 is 12.0 Å². The number of nitrogens with zero attached hydrogens (tertiary/aromatic N) is 1. The highest BCUT2D eigenvalue weighted by Crippen LogP contribution is 2.26. The van der Waals surface area contributed by atoms with E-state index >= 15 is 0 Å². The molecule has 0 bridgehead atoms. The van der Waals surface area contributed by atoms with Gasteiger partial charge in [0.25, 0.3) is 0 Å². The van der Waals surface area contributed by atoms with Crippen LogP contribution < -0.4 is 10.6 Å². The lowest BCUT2D eigenvalue weighted by atomic mass is 9.83. The zero-order valence-electron chi connectivity index (χ0n) is 31.4. The van der Waals surface area contributed by atoms with E-state index in [9.17, 15) is 9.59 Å². The van der Waals surface area contributed by atoms with Gasteiger partial charge in [0.05, 0.1) is 6.61 Å². The van der Waals surface area contributed by atoms with Crippen molar-refractivity contribution in [1.29, 1.82) is 0 Å². The smallest absolute Gasteiger partial charge is 0.407 e. The van der Waals surface area contributed by atoms with E-state index in [1.807, 2.05) is 12.1 Å². The molecule has 1 aliphatic carbocycles. The Kier molecular flexibility index (Phi) is 22.8. The summed E-state index contributed by atoms with van der Waals surface area (Å²) in [5, 5.41) is 6.10. The van der Waals surface area contributed by atoms with Crippen molar-refractivity contribution in [3.8, 4) is 0 Å². The van der Waals surface area contributed by atoms with Gasteiger partial charge in [-0.05, 0) is 36.8 Å². The van der Waals surface area contributed by atoms with Crippen molar-refractivity contribution in [2.75, 3.05) is 26.2 Å². The van der Waals surface area contributed by atoms with Gasteiger partial charge in [-0.3, -0.25) is 9.69 Å². The lowest BCUT2D eigenvalue weighted by Crippen LogP contribution is -2.39. The molecule has 2 atom stereocenters. The summed E-state index contributed by atoms with van der Waals surface area (Å²) < 4.78 is 5.62. The van der Waals surface area contributed by atoms with Crippen molar-refractivity contribution in [2.45, 2.75) is 142 Å². The quantitative estimate of drug-likeness (QED) is 0.0690. The molecule has 2 aromatic rings. The van der Waals surface area contributed by atoms with E-state index in [0.29, 0.717) is 13.0 Å². The first-order chi connectivity index (χ1) is 24.7. The van der Waals surface area contributed by atoms with Crippen LogP contribution in [-0.2, 0) is 22.6 Å². The third-order valence-electron chi connectivity index (χ3n) is 10.1. The van der Waals surface area contributed by atoms with Gasteiger partial charge in [-0.15, -0.1) is 0 Å². The number of nitrogens with one attached hydrogen (secondary N) is 2. The average Bonchev–Trinajstić information content (AvgIpc) is 3.14. The van der Waals surface area contributed by atoms with E-state index in [1.54, 1.807) is 0 Å². The minimum absolute atomic E-state index is 0.0174. The number of alkyl carbamates (subject to hydrolysis) is 1. The van der Waals surface area contributed by atoms with Crippen LogP contribution in [0.25, 0.3) is 0 Å². The zero-order chi connectivity index (χ0) is 35.3. The van der Waals surface area contributed by atoms with Gasteiger partial charge < -0.3 is 15.4 Å². The van der Waals surface area contributed by atoms with Crippen LogP contribution in [0.1, 0.15) is 140 Å². The van der Waals surface area contributed by atoms with Gasteiger partial charge in [-0.25, -0.2) is 4.79 Å². The standard InChI is InChI=1S/C44H69N3O3/c1-2-3-4-5-6-7-8-9-10-11-12-13-14-15-16-25-33-45-43(48)42-32-24-23-31-41(42)38-50-44(49)46-34-26-35-47(36-39-27-19-17-20-28-39)37-40-29-21-18-22-30-40/h17-24,27-30,41-42H,2-16,25-26,31-38H2,1H3,(H,45,48)(H,46,49). The predicted molar refractivity (Wildman–Crippen MR) is 209 cm³/mol. The Balaban J connectivity index is 1.20. The molecule has 2 amide bonds. The number of carbonyl (C=O) groups excluding carboxylic acids is 2. The summed E-state index contributed by atoms with van der Waals surface area (Å²) in [7, 11) is 0. The summed E-state index contributed by atoms with van der Waals surface area (Å²) in [4.78, 5) is 28.0. The fourth-order valence-corrected chi connectivity index (χ4v) is 7.02. The molecule has 1 aliphatic rings. The van der Waals surface area contributed by atoms with Crippen LogP contribution in [0, 0.1) is 11.8 Å². The number of benzene rings is 2. The van der Waals surface area contributed by atoms with E-state index in [1.165, 1.54) is 107 Å². The molecule has 0 aromatic heterocycles. The number of rotatable bonds is 28. The summed E-state index contributed by atoms with van der Waals surface area (Å²) >= 11 is 0. The van der Waals surface area contributed by atoms with E-state index in [2.05, 4.69) is 83.1 Å². The second kappa shape index (κ2) is 27.6. The zero-order valence-corrected chi connectivity index (χ0v) is 31.4. The Labute approximate surface area is 305 Å². The highest BCUT2D eigenvalue weighted by molar-refractivity contribution is 5.79. The Morgan fingerprint density at radius 1 is 0.620 bits per heavy atom. The van der Waals surface area contributed by atoms with Gasteiger partial charge in [-0.1, -0.05) is 176 Å². The number of allylic oxidation sites excluding steroid dienone is 2. The third kappa shape index (κ3) is 19.3. The molecule has 0 radical (unpaired) electrons. The Morgan fingerprint density at radius 2 is 1.10 bits per heavy atom.